The summed E-state index contributed by atoms with van der Waals surface area (Å²) in [5.41, 5.74) is 3.44. The van der Waals surface area contributed by atoms with Crippen molar-refractivity contribution in [3.8, 4) is 0 Å². The topological polar surface area (TPSA) is 24.9 Å². The van der Waals surface area contributed by atoms with Gasteiger partial charge in [0.05, 0.1) is 10.2 Å². The van der Waals surface area contributed by atoms with Crippen molar-refractivity contribution in [2.45, 2.75) is 13.3 Å². The predicted octanol–water partition coefficient (Wildman–Crippen LogP) is 5.36. The van der Waals surface area contributed by atoms with Crippen molar-refractivity contribution in [3.63, 3.8) is 0 Å². The first-order valence-corrected chi connectivity index (χ1v) is 7.77. The first-order chi connectivity index (χ1) is 9.24. The first-order valence-electron chi connectivity index (χ1n) is 6.16. The third-order valence-corrected chi connectivity index (χ3v) is 4.38. The van der Waals surface area contributed by atoms with Crippen LogP contribution in [0, 0.1) is 0 Å². The molecule has 0 atom stereocenters. The fraction of sp³-hybridized carbons (Fsp3) is 0.133. The molecule has 0 aliphatic carbocycles. The predicted molar refractivity (Wildman–Crippen MR) is 86.4 cm³/mol. The van der Waals surface area contributed by atoms with Gasteiger partial charge in [-0.25, -0.2) is 4.98 Å². The summed E-state index contributed by atoms with van der Waals surface area (Å²) in [5.74, 6) is 0. The van der Waals surface area contributed by atoms with Gasteiger partial charge in [0.2, 0.25) is 0 Å². The molecule has 4 heteroatoms. The number of rotatable bonds is 3. The number of hydrogen-bond donors (Lipinski definition) is 1. The Morgan fingerprint density at radius 2 is 2.11 bits per heavy atom. The molecule has 0 unspecified atom stereocenters. The van der Waals surface area contributed by atoms with Gasteiger partial charge < -0.3 is 5.32 Å². The molecule has 96 valence electrons. The summed E-state index contributed by atoms with van der Waals surface area (Å²) in [6.07, 6.45) is 1.04. The van der Waals surface area contributed by atoms with E-state index >= 15 is 0 Å². The number of nitrogens with one attached hydrogen (secondary N) is 1. The summed E-state index contributed by atoms with van der Waals surface area (Å²) in [6.45, 7) is 2.16. The van der Waals surface area contributed by atoms with Crippen molar-refractivity contribution in [3.05, 3.63) is 52.5 Å². The van der Waals surface area contributed by atoms with E-state index in [1.165, 1.54) is 10.3 Å². The van der Waals surface area contributed by atoms with Crippen molar-refractivity contribution in [2.75, 3.05) is 5.32 Å². The number of hydrogen-bond acceptors (Lipinski definition) is 3. The second-order valence-corrected chi connectivity index (χ2v) is 6.26. The van der Waals surface area contributed by atoms with Gasteiger partial charge in [-0.05, 0) is 42.3 Å². The summed E-state index contributed by atoms with van der Waals surface area (Å²) >= 11 is 5.14. The Bertz CT molecular complexity index is 721. The number of thiazole rings is 1. The van der Waals surface area contributed by atoms with E-state index in [4.69, 9.17) is 0 Å². The Kier molecular flexibility index (Phi) is 3.53. The van der Waals surface area contributed by atoms with Gasteiger partial charge in [-0.15, -0.1) is 0 Å². The standard InChI is InChI=1S/C15H13BrN2S/c1-2-10-4-3-5-12(8-10)17-15-18-13-9-11(16)6-7-14(13)19-15/h3-9H,2H2,1H3,(H,17,18). The number of nitrogens with zero attached hydrogens (tertiary/aromatic N) is 1. The zero-order chi connectivity index (χ0) is 13.2. The largest absolute Gasteiger partial charge is 0.332 e. The lowest BCUT2D eigenvalue weighted by atomic mass is 10.1. The number of aromatic nitrogens is 1. The van der Waals surface area contributed by atoms with E-state index in [-0.39, 0.29) is 0 Å². The van der Waals surface area contributed by atoms with Crippen molar-refractivity contribution in [2.24, 2.45) is 0 Å². The third-order valence-electron chi connectivity index (χ3n) is 2.94. The van der Waals surface area contributed by atoms with Crippen LogP contribution in [-0.4, -0.2) is 4.98 Å². The molecule has 0 spiro atoms. The molecule has 0 fully saturated rings. The molecule has 3 aromatic rings. The van der Waals surface area contributed by atoms with Crippen LogP contribution in [0.25, 0.3) is 10.2 Å². The van der Waals surface area contributed by atoms with Crippen LogP contribution in [0.15, 0.2) is 46.9 Å². The molecule has 19 heavy (non-hydrogen) atoms. The lowest BCUT2D eigenvalue weighted by Crippen LogP contribution is -1.90. The highest BCUT2D eigenvalue weighted by atomic mass is 79.9. The molecule has 1 aromatic heterocycles. The van der Waals surface area contributed by atoms with Gasteiger partial charge in [0, 0.05) is 10.2 Å². The Balaban J connectivity index is 1.92. The fourth-order valence-corrected chi connectivity index (χ4v) is 3.16. The highest BCUT2D eigenvalue weighted by Crippen LogP contribution is 2.30. The molecule has 0 saturated heterocycles. The average molecular weight is 333 g/mol. The van der Waals surface area contributed by atoms with E-state index < -0.39 is 0 Å². The summed E-state index contributed by atoms with van der Waals surface area (Å²) < 4.78 is 2.25. The van der Waals surface area contributed by atoms with Crippen LogP contribution in [-0.2, 0) is 6.42 Å². The number of aryl methyl sites for hydroxylation is 1. The van der Waals surface area contributed by atoms with E-state index in [0.29, 0.717) is 0 Å². The van der Waals surface area contributed by atoms with E-state index in [9.17, 15) is 0 Å². The fourth-order valence-electron chi connectivity index (χ4n) is 1.95. The quantitative estimate of drug-likeness (QED) is 0.697. The first kappa shape index (κ1) is 12.6. The Morgan fingerprint density at radius 3 is 2.95 bits per heavy atom. The molecular weight excluding hydrogens is 320 g/mol. The minimum absolute atomic E-state index is 0.932. The molecule has 0 amide bonds. The average Bonchev–Trinajstić information content (AvgIpc) is 2.80. The third kappa shape index (κ3) is 2.80. The van der Waals surface area contributed by atoms with Gasteiger partial charge >= 0.3 is 0 Å². The summed E-state index contributed by atoms with van der Waals surface area (Å²) in [5, 5.41) is 4.31. The number of halogens is 1. The van der Waals surface area contributed by atoms with Crippen LogP contribution in [0.3, 0.4) is 0 Å². The number of benzene rings is 2. The van der Waals surface area contributed by atoms with Crippen LogP contribution in [0.1, 0.15) is 12.5 Å². The van der Waals surface area contributed by atoms with Crippen LogP contribution in [0.4, 0.5) is 10.8 Å². The van der Waals surface area contributed by atoms with Crippen LogP contribution in [0.2, 0.25) is 0 Å². The highest BCUT2D eigenvalue weighted by Gasteiger charge is 2.04. The van der Waals surface area contributed by atoms with Crippen LogP contribution >= 0.6 is 27.3 Å². The maximum Gasteiger partial charge on any atom is 0.188 e. The number of anilines is 2. The van der Waals surface area contributed by atoms with Crippen LogP contribution in [0.5, 0.6) is 0 Å². The van der Waals surface area contributed by atoms with Gasteiger partial charge in [-0.1, -0.05) is 46.3 Å². The SMILES string of the molecule is CCc1cccc(Nc2nc3cc(Br)ccc3s2)c1. The molecule has 0 saturated carbocycles. The second-order valence-electron chi connectivity index (χ2n) is 4.31. The van der Waals surface area contributed by atoms with Crippen molar-refractivity contribution < 1.29 is 0 Å². The maximum absolute atomic E-state index is 4.60. The monoisotopic (exact) mass is 332 g/mol. The minimum Gasteiger partial charge on any atom is -0.332 e. The van der Waals surface area contributed by atoms with Gasteiger partial charge in [-0.2, -0.15) is 0 Å². The number of fused-ring (bicyclic) bond motifs is 1. The zero-order valence-corrected chi connectivity index (χ0v) is 12.9. The summed E-state index contributed by atoms with van der Waals surface area (Å²) in [4.78, 5) is 4.60. The normalized spacial score (nSPS) is 10.8. The second kappa shape index (κ2) is 5.31. The molecule has 1 heterocycles. The highest BCUT2D eigenvalue weighted by molar-refractivity contribution is 9.10. The lowest BCUT2D eigenvalue weighted by molar-refractivity contribution is 1.14. The van der Waals surface area contributed by atoms with Gasteiger partial charge in [0.1, 0.15) is 0 Å². The molecule has 0 aliphatic rings. The van der Waals surface area contributed by atoms with Crippen LogP contribution < -0.4 is 5.32 Å². The zero-order valence-electron chi connectivity index (χ0n) is 10.5. The molecule has 3 rings (SSSR count). The van der Waals surface area contributed by atoms with Crippen molar-refractivity contribution >= 4 is 48.3 Å². The molecule has 0 bridgehead atoms. The Hall–Kier alpha value is -1.39. The summed E-state index contributed by atoms with van der Waals surface area (Å²) in [7, 11) is 0. The molecule has 0 radical (unpaired) electrons. The van der Waals surface area contributed by atoms with E-state index in [1.807, 2.05) is 12.1 Å². The van der Waals surface area contributed by atoms with E-state index in [1.54, 1.807) is 11.3 Å². The Labute approximate surface area is 124 Å². The summed E-state index contributed by atoms with van der Waals surface area (Å²) in [6, 6.07) is 14.6. The van der Waals surface area contributed by atoms with Gasteiger partial charge in [0.15, 0.2) is 5.13 Å². The smallest absolute Gasteiger partial charge is 0.188 e. The van der Waals surface area contributed by atoms with Crippen molar-refractivity contribution in [1.29, 1.82) is 0 Å². The lowest BCUT2D eigenvalue weighted by Gasteiger charge is -2.03. The van der Waals surface area contributed by atoms with Gasteiger partial charge in [0.25, 0.3) is 0 Å². The van der Waals surface area contributed by atoms with Gasteiger partial charge in [-0.3, -0.25) is 0 Å². The molecule has 2 nitrogen and oxygen atoms in total. The molecule has 1 N–H and O–H groups in total. The molecule has 2 aromatic carbocycles. The van der Waals surface area contributed by atoms with E-state index in [2.05, 4.69) is 63.5 Å². The molecule has 0 aliphatic heterocycles. The maximum atomic E-state index is 4.60. The Morgan fingerprint density at radius 1 is 1.21 bits per heavy atom. The van der Waals surface area contributed by atoms with Crippen molar-refractivity contribution in [1.82, 2.24) is 4.98 Å². The minimum atomic E-state index is 0.932. The van der Waals surface area contributed by atoms with E-state index in [0.717, 1.165) is 27.2 Å². The molecular formula is C15H13BrN2S.